The number of carbonyl (C=O) groups is 2. The van der Waals surface area contributed by atoms with Crippen LogP contribution in [0.4, 0.5) is 0 Å². The van der Waals surface area contributed by atoms with Gasteiger partial charge in [0, 0.05) is 25.9 Å². The van der Waals surface area contributed by atoms with Crippen LogP contribution in [0, 0.1) is 11.3 Å². The Morgan fingerprint density at radius 2 is 1.90 bits per heavy atom. The van der Waals surface area contributed by atoms with Crippen molar-refractivity contribution in [2.75, 3.05) is 13.6 Å². The van der Waals surface area contributed by atoms with E-state index in [-0.39, 0.29) is 18.2 Å². The first kappa shape index (κ1) is 22.8. The van der Waals surface area contributed by atoms with E-state index in [1.165, 1.54) is 0 Å². The van der Waals surface area contributed by atoms with E-state index in [4.69, 9.17) is 23.2 Å². The third kappa shape index (κ3) is 4.74. The van der Waals surface area contributed by atoms with E-state index >= 15 is 0 Å². The molecule has 3 aromatic carbocycles. The minimum atomic E-state index is -0.225. The van der Waals surface area contributed by atoms with Crippen molar-refractivity contribution in [2.24, 2.45) is 0 Å². The number of halogens is 2. The molecule has 0 unspecified atom stereocenters. The molecule has 0 bridgehead atoms. The third-order valence-corrected chi connectivity index (χ3v) is 6.22. The highest BCUT2D eigenvalue weighted by molar-refractivity contribution is 6.42. The second-order valence-electron chi connectivity index (χ2n) is 7.42. The van der Waals surface area contributed by atoms with E-state index < -0.39 is 0 Å². The molecule has 0 aliphatic carbocycles. The molecule has 1 amide bonds. The summed E-state index contributed by atoms with van der Waals surface area (Å²) in [6.45, 7) is 2.26. The summed E-state index contributed by atoms with van der Waals surface area (Å²) in [5, 5.41) is 12.1. The van der Waals surface area contributed by atoms with Gasteiger partial charge in [0.2, 0.25) is 0 Å². The number of nitrogens with zero attached hydrogens (tertiary/aromatic N) is 2. The molecule has 0 saturated heterocycles. The summed E-state index contributed by atoms with van der Waals surface area (Å²) in [5.74, 6) is -0.405. The number of likely N-dealkylation sites (N-methyl/N-ethyl adjacent to an activating group) is 1. The number of hydrogen-bond donors (Lipinski definition) is 0. The number of hydrogen-bond acceptors (Lipinski definition) is 3. The zero-order valence-electron chi connectivity index (χ0n) is 17.4. The standard InChI is InChI=1S/C25H22Cl2N2O2/c1-3-20-19(14-28)12-17-6-4-5-7-21(17)24(20)25(31)29(2)15-18(10-11-30)16-8-9-22(26)23(27)13-16/h4-9,11-13,18H,3,10,15H2,1-2H3/t18-/m1/s1. The topological polar surface area (TPSA) is 61.2 Å². The molecule has 0 fully saturated rings. The summed E-state index contributed by atoms with van der Waals surface area (Å²) in [5.41, 5.74) is 2.62. The largest absolute Gasteiger partial charge is 0.341 e. The molecule has 3 rings (SSSR count). The van der Waals surface area contributed by atoms with E-state index in [0.717, 1.165) is 28.2 Å². The molecule has 0 saturated carbocycles. The Morgan fingerprint density at radius 3 is 2.55 bits per heavy atom. The van der Waals surface area contributed by atoms with Crippen LogP contribution in [0.2, 0.25) is 10.0 Å². The molecule has 0 spiro atoms. The van der Waals surface area contributed by atoms with Gasteiger partial charge in [-0.1, -0.05) is 60.5 Å². The zero-order valence-corrected chi connectivity index (χ0v) is 18.9. The molecule has 6 heteroatoms. The van der Waals surface area contributed by atoms with Crippen LogP contribution >= 0.6 is 23.2 Å². The van der Waals surface area contributed by atoms with E-state index in [1.807, 2.05) is 43.3 Å². The summed E-state index contributed by atoms with van der Waals surface area (Å²) in [7, 11) is 1.71. The second kappa shape index (κ2) is 9.96. The van der Waals surface area contributed by atoms with Crippen molar-refractivity contribution in [3.63, 3.8) is 0 Å². The quantitative estimate of drug-likeness (QED) is 0.411. The monoisotopic (exact) mass is 452 g/mol. The van der Waals surface area contributed by atoms with E-state index in [9.17, 15) is 14.9 Å². The number of carbonyl (C=O) groups excluding carboxylic acids is 2. The zero-order chi connectivity index (χ0) is 22.5. The minimum absolute atomic E-state index is 0.180. The van der Waals surface area contributed by atoms with Crippen molar-refractivity contribution >= 4 is 46.2 Å². The lowest BCUT2D eigenvalue weighted by molar-refractivity contribution is -0.108. The average molecular weight is 453 g/mol. The Bertz CT molecular complexity index is 1180. The van der Waals surface area contributed by atoms with Crippen molar-refractivity contribution in [1.29, 1.82) is 5.26 Å². The summed E-state index contributed by atoms with van der Waals surface area (Å²) >= 11 is 12.2. The van der Waals surface area contributed by atoms with Crippen LogP contribution in [0.3, 0.4) is 0 Å². The first-order chi connectivity index (χ1) is 14.9. The fourth-order valence-corrected chi connectivity index (χ4v) is 4.21. The van der Waals surface area contributed by atoms with Crippen molar-refractivity contribution < 1.29 is 9.59 Å². The van der Waals surface area contributed by atoms with Crippen molar-refractivity contribution in [2.45, 2.75) is 25.7 Å². The van der Waals surface area contributed by atoms with E-state index in [1.54, 1.807) is 24.1 Å². The molecular weight excluding hydrogens is 431 g/mol. The van der Waals surface area contributed by atoms with Gasteiger partial charge in [0.25, 0.3) is 5.91 Å². The fourth-order valence-electron chi connectivity index (χ4n) is 3.90. The molecule has 0 N–H and O–H groups in total. The van der Waals surface area contributed by atoms with Gasteiger partial charge in [-0.3, -0.25) is 4.79 Å². The van der Waals surface area contributed by atoms with Crippen molar-refractivity contribution in [1.82, 2.24) is 4.90 Å². The predicted octanol–water partition coefficient (Wildman–Crippen LogP) is 6.03. The van der Waals surface area contributed by atoms with Crippen LogP contribution in [0.1, 0.15) is 46.3 Å². The normalized spacial score (nSPS) is 11.7. The number of aldehydes is 1. The number of benzene rings is 3. The Hall–Kier alpha value is -2.87. The molecule has 0 radical (unpaired) electrons. The van der Waals surface area contributed by atoms with E-state index in [2.05, 4.69) is 6.07 Å². The molecule has 0 aliphatic heterocycles. The van der Waals surface area contributed by atoms with Crippen LogP contribution in [0.25, 0.3) is 10.8 Å². The highest BCUT2D eigenvalue weighted by Gasteiger charge is 2.24. The van der Waals surface area contributed by atoms with Crippen LogP contribution in [0.15, 0.2) is 48.5 Å². The average Bonchev–Trinajstić information content (AvgIpc) is 2.78. The van der Waals surface area contributed by atoms with Gasteiger partial charge >= 0.3 is 0 Å². The van der Waals surface area contributed by atoms with Gasteiger partial charge in [-0.15, -0.1) is 0 Å². The smallest absolute Gasteiger partial charge is 0.254 e. The lowest BCUT2D eigenvalue weighted by Crippen LogP contribution is -2.32. The Morgan fingerprint density at radius 1 is 1.16 bits per heavy atom. The maximum atomic E-state index is 13.6. The predicted molar refractivity (Wildman–Crippen MR) is 125 cm³/mol. The van der Waals surface area contributed by atoms with Gasteiger partial charge in [0.1, 0.15) is 6.29 Å². The molecule has 158 valence electrons. The summed E-state index contributed by atoms with van der Waals surface area (Å²) < 4.78 is 0. The number of rotatable bonds is 7. The van der Waals surface area contributed by atoms with Gasteiger partial charge in [-0.25, -0.2) is 0 Å². The first-order valence-electron chi connectivity index (χ1n) is 10.00. The number of nitriles is 1. The Kier molecular flexibility index (Phi) is 7.33. The molecule has 4 nitrogen and oxygen atoms in total. The first-order valence-corrected chi connectivity index (χ1v) is 10.8. The fraction of sp³-hybridized carbons (Fsp3) is 0.240. The van der Waals surface area contributed by atoms with Gasteiger partial charge < -0.3 is 9.69 Å². The molecule has 0 heterocycles. The van der Waals surface area contributed by atoms with Gasteiger partial charge in [-0.05, 0) is 46.5 Å². The van der Waals surface area contributed by atoms with Crippen molar-refractivity contribution in [3.05, 3.63) is 80.8 Å². The molecule has 0 aromatic heterocycles. The SMILES string of the molecule is CCc1c(C#N)cc2ccccc2c1C(=O)N(C)C[C@@H](CC=O)c1ccc(Cl)c(Cl)c1. The maximum Gasteiger partial charge on any atom is 0.254 e. The van der Waals surface area contributed by atoms with Gasteiger partial charge in [0.05, 0.1) is 27.2 Å². The Balaban J connectivity index is 2.02. The third-order valence-electron chi connectivity index (χ3n) is 5.48. The maximum absolute atomic E-state index is 13.6. The lowest BCUT2D eigenvalue weighted by atomic mass is 9.91. The molecule has 0 aliphatic rings. The van der Waals surface area contributed by atoms with Crippen LogP contribution in [-0.2, 0) is 11.2 Å². The summed E-state index contributed by atoms with van der Waals surface area (Å²) in [6, 6.07) is 16.9. The van der Waals surface area contributed by atoms with Crippen LogP contribution in [-0.4, -0.2) is 30.7 Å². The summed E-state index contributed by atoms with van der Waals surface area (Å²) in [6.07, 6.45) is 1.65. The lowest BCUT2D eigenvalue weighted by Gasteiger charge is -2.25. The second-order valence-corrected chi connectivity index (χ2v) is 8.24. The highest BCUT2D eigenvalue weighted by atomic mass is 35.5. The van der Waals surface area contributed by atoms with Crippen molar-refractivity contribution in [3.8, 4) is 6.07 Å². The van der Waals surface area contributed by atoms with Crippen LogP contribution < -0.4 is 0 Å². The highest BCUT2D eigenvalue weighted by Crippen LogP contribution is 2.31. The molecular formula is C25H22Cl2N2O2. The van der Waals surface area contributed by atoms with E-state index in [0.29, 0.717) is 34.1 Å². The summed E-state index contributed by atoms with van der Waals surface area (Å²) in [4.78, 5) is 26.5. The minimum Gasteiger partial charge on any atom is -0.341 e. The number of amides is 1. The molecule has 1 atom stereocenters. The number of fused-ring (bicyclic) bond motifs is 1. The van der Waals surface area contributed by atoms with Gasteiger partial charge in [0.15, 0.2) is 0 Å². The van der Waals surface area contributed by atoms with Gasteiger partial charge in [-0.2, -0.15) is 5.26 Å². The molecule has 3 aromatic rings. The molecule has 31 heavy (non-hydrogen) atoms. The Labute approximate surface area is 192 Å². The van der Waals surface area contributed by atoms with Crippen LogP contribution in [0.5, 0.6) is 0 Å².